The molecule has 0 bridgehead atoms. The molecule has 158 valence electrons. The highest BCUT2D eigenvalue weighted by Gasteiger charge is 2.18. The van der Waals surface area contributed by atoms with Crippen LogP contribution in [-0.4, -0.2) is 33.0 Å². The van der Waals surface area contributed by atoms with Crippen molar-refractivity contribution in [3.63, 3.8) is 0 Å². The van der Waals surface area contributed by atoms with E-state index >= 15 is 0 Å². The zero-order chi connectivity index (χ0) is 20.4. The van der Waals surface area contributed by atoms with E-state index in [4.69, 9.17) is 0 Å². The van der Waals surface area contributed by atoms with Crippen molar-refractivity contribution in [2.75, 3.05) is 13.1 Å². The van der Waals surface area contributed by atoms with Crippen LogP contribution < -0.4 is 0 Å². The van der Waals surface area contributed by atoms with Crippen molar-refractivity contribution in [2.45, 2.75) is 92.7 Å². The number of hydrogen-bond donors (Lipinski definition) is 0. The molecule has 0 N–H and O–H groups in total. The normalized spacial score (nSPS) is 14.1. The van der Waals surface area contributed by atoms with Gasteiger partial charge in [0.2, 0.25) is 0 Å². The summed E-state index contributed by atoms with van der Waals surface area (Å²) in [7, 11) is 0. The van der Waals surface area contributed by atoms with Gasteiger partial charge in [-0.1, -0.05) is 83.6 Å². The maximum absolute atomic E-state index is 4.51. The number of rotatable bonds is 14. The van der Waals surface area contributed by atoms with Crippen LogP contribution in [0.3, 0.4) is 0 Å². The fraction of sp³-hybridized carbons (Fsp3) is 0.750. The fourth-order valence-corrected chi connectivity index (χ4v) is 4.18. The molecule has 1 aromatic carbocycles. The Hall–Kier alpha value is -1.42. The second-order valence-electron chi connectivity index (χ2n) is 8.54. The second kappa shape index (κ2) is 12.2. The number of fused-ring (bicyclic) bond motifs is 1. The second-order valence-corrected chi connectivity index (χ2v) is 8.54. The van der Waals surface area contributed by atoms with Gasteiger partial charge in [0.25, 0.3) is 0 Å². The SMILES string of the molecule is CCCCC(CC)CN(CC(CC)CCCC)Cn1nnc2c(C)cccc21. The minimum absolute atomic E-state index is 0.778. The maximum Gasteiger partial charge on any atom is 0.116 e. The molecule has 0 aliphatic heterocycles. The molecule has 0 spiro atoms. The zero-order valence-electron chi connectivity index (χ0n) is 19.0. The van der Waals surface area contributed by atoms with E-state index in [0.717, 1.165) is 29.5 Å². The molecule has 1 heterocycles. The molecule has 28 heavy (non-hydrogen) atoms. The molecular weight excluding hydrogens is 344 g/mol. The molecule has 1 aromatic heterocycles. The Bertz CT molecular complexity index is 660. The van der Waals surface area contributed by atoms with E-state index in [1.165, 1.54) is 70.0 Å². The highest BCUT2D eigenvalue weighted by Crippen LogP contribution is 2.21. The summed E-state index contributed by atoms with van der Waals surface area (Å²) >= 11 is 0. The Balaban J connectivity index is 2.16. The quantitative estimate of drug-likeness (QED) is 0.375. The standard InChI is InChI=1S/C24H42N4/c1-6-10-14-21(8-3)17-27(18-22(9-4)15-11-7-2)19-28-23-16-12-13-20(5)24(23)25-26-28/h12-13,16,21-22H,6-11,14-15,17-19H2,1-5H3. The summed E-state index contributed by atoms with van der Waals surface area (Å²) in [5.41, 5.74) is 3.41. The molecule has 0 radical (unpaired) electrons. The lowest BCUT2D eigenvalue weighted by atomic mass is 9.96. The molecule has 0 saturated carbocycles. The van der Waals surface area contributed by atoms with Gasteiger partial charge in [0.05, 0.1) is 12.2 Å². The number of benzene rings is 1. The van der Waals surface area contributed by atoms with Crippen molar-refractivity contribution in [2.24, 2.45) is 11.8 Å². The van der Waals surface area contributed by atoms with Crippen LogP contribution in [0.25, 0.3) is 11.0 Å². The molecule has 2 aromatic rings. The number of aryl methyl sites for hydroxylation is 1. The monoisotopic (exact) mass is 386 g/mol. The Kier molecular flexibility index (Phi) is 9.97. The number of hydrogen-bond acceptors (Lipinski definition) is 3. The lowest BCUT2D eigenvalue weighted by Gasteiger charge is -2.30. The molecule has 0 fully saturated rings. The van der Waals surface area contributed by atoms with Crippen LogP contribution in [0.4, 0.5) is 0 Å². The zero-order valence-corrected chi connectivity index (χ0v) is 19.0. The molecular formula is C24H42N4. The number of unbranched alkanes of at least 4 members (excludes halogenated alkanes) is 2. The summed E-state index contributed by atoms with van der Waals surface area (Å²) in [5.74, 6) is 1.56. The average molecular weight is 387 g/mol. The third kappa shape index (κ3) is 6.58. The van der Waals surface area contributed by atoms with Crippen LogP contribution >= 0.6 is 0 Å². The summed E-state index contributed by atoms with van der Waals surface area (Å²) in [5, 5.41) is 8.97. The lowest BCUT2D eigenvalue weighted by molar-refractivity contribution is 0.139. The van der Waals surface area contributed by atoms with Crippen molar-refractivity contribution in [1.82, 2.24) is 19.9 Å². The first-order chi connectivity index (χ1) is 13.6. The van der Waals surface area contributed by atoms with E-state index in [9.17, 15) is 0 Å². The van der Waals surface area contributed by atoms with Gasteiger partial charge in [-0.15, -0.1) is 5.10 Å². The van der Waals surface area contributed by atoms with Crippen LogP contribution in [0.5, 0.6) is 0 Å². The van der Waals surface area contributed by atoms with Gasteiger partial charge in [-0.25, -0.2) is 4.68 Å². The number of nitrogens with zero attached hydrogens (tertiary/aromatic N) is 4. The molecule has 0 aliphatic rings. The van der Waals surface area contributed by atoms with E-state index < -0.39 is 0 Å². The van der Waals surface area contributed by atoms with Crippen molar-refractivity contribution in [1.29, 1.82) is 0 Å². The van der Waals surface area contributed by atoms with E-state index in [1.54, 1.807) is 0 Å². The van der Waals surface area contributed by atoms with Crippen molar-refractivity contribution >= 4 is 11.0 Å². The topological polar surface area (TPSA) is 34.0 Å². The lowest BCUT2D eigenvalue weighted by Crippen LogP contribution is -2.36. The molecule has 0 aliphatic carbocycles. The van der Waals surface area contributed by atoms with E-state index in [0.29, 0.717) is 0 Å². The Morgan fingerprint density at radius 2 is 1.54 bits per heavy atom. The van der Waals surface area contributed by atoms with Gasteiger partial charge in [-0.05, 0) is 43.2 Å². The van der Waals surface area contributed by atoms with Gasteiger partial charge in [0, 0.05) is 13.1 Å². The van der Waals surface area contributed by atoms with Gasteiger partial charge in [-0.2, -0.15) is 0 Å². The summed E-state index contributed by atoms with van der Waals surface area (Å²) in [6, 6.07) is 6.40. The molecule has 4 heteroatoms. The van der Waals surface area contributed by atoms with Gasteiger partial charge in [0.1, 0.15) is 5.52 Å². The largest absolute Gasteiger partial charge is 0.284 e. The minimum Gasteiger partial charge on any atom is -0.284 e. The van der Waals surface area contributed by atoms with E-state index in [1.807, 2.05) is 0 Å². The Labute approximate surface area is 172 Å². The first-order valence-electron chi connectivity index (χ1n) is 11.6. The van der Waals surface area contributed by atoms with Gasteiger partial charge >= 0.3 is 0 Å². The van der Waals surface area contributed by atoms with Crippen molar-refractivity contribution < 1.29 is 0 Å². The first-order valence-corrected chi connectivity index (χ1v) is 11.6. The first kappa shape index (κ1) is 22.9. The smallest absolute Gasteiger partial charge is 0.116 e. The van der Waals surface area contributed by atoms with Crippen LogP contribution in [-0.2, 0) is 6.67 Å². The molecule has 2 unspecified atom stereocenters. The van der Waals surface area contributed by atoms with Crippen molar-refractivity contribution in [3.05, 3.63) is 23.8 Å². The fourth-order valence-electron chi connectivity index (χ4n) is 4.18. The summed E-state index contributed by atoms with van der Waals surface area (Å²) < 4.78 is 2.11. The van der Waals surface area contributed by atoms with Gasteiger partial charge in [0.15, 0.2) is 0 Å². The minimum atomic E-state index is 0.778. The van der Waals surface area contributed by atoms with Gasteiger partial charge in [-0.3, -0.25) is 4.90 Å². The van der Waals surface area contributed by atoms with Gasteiger partial charge < -0.3 is 0 Å². The third-order valence-corrected chi connectivity index (χ3v) is 6.20. The van der Waals surface area contributed by atoms with Crippen LogP contribution in [0, 0.1) is 18.8 Å². The summed E-state index contributed by atoms with van der Waals surface area (Å²) in [6.45, 7) is 14.6. The third-order valence-electron chi connectivity index (χ3n) is 6.20. The molecule has 4 nitrogen and oxygen atoms in total. The predicted molar refractivity (Wildman–Crippen MR) is 120 cm³/mol. The molecule has 0 saturated heterocycles. The molecule has 0 amide bonds. The molecule has 2 atom stereocenters. The Morgan fingerprint density at radius 3 is 2.07 bits per heavy atom. The molecule has 2 rings (SSSR count). The van der Waals surface area contributed by atoms with Crippen LogP contribution in [0.2, 0.25) is 0 Å². The maximum atomic E-state index is 4.51. The predicted octanol–water partition coefficient (Wildman–Crippen LogP) is 6.43. The average Bonchev–Trinajstić information content (AvgIpc) is 3.12. The highest BCUT2D eigenvalue weighted by molar-refractivity contribution is 5.77. The summed E-state index contributed by atoms with van der Waals surface area (Å²) in [4.78, 5) is 2.66. The van der Waals surface area contributed by atoms with E-state index in [-0.39, 0.29) is 0 Å². The highest BCUT2D eigenvalue weighted by atomic mass is 15.5. The van der Waals surface area contributed by atoms with E-state index in [2.05, 4.69) is 72.7 Å². The summed E-state index contributed by atoms with van der Waals surface area (Å²) in [6.07, 6.45) is 10.5. The van der Waals surface area contributed by atoms with Crippen molar-refractivity contribution in [3.8, 4) is 0 Å². The van der Waals surface area contributed by atoms with Crippen LogP contribution in [0.1, 0.15) is 84.6 Å². The number of aromatic nitrogens is 3. The van der Waals surface area contributed by atoms with Crippen LogP contribution in [0.15, 0.2) is 18.2 Å². The Morgan fingerprint density at radius 1 is 0.929 bits per heavy atom.